The van der Waals surface area contributed by atoms with E-state index in [1.54, 1.807) is 27.7 Å². The third-order valence-corrected chi connectivity index (χ3v) is 4.79. The molecule has 0 saturated carbocycles. The fourth-order valence-electron chi connectivity index (χ4n) is 3.11. The summed E-state index contributed by atoms with van der Waals surface area (Å²) in [5.41, 5.74) is 1.80. The van der Waals surface area contributed by atoms with Crippen LogP contribution in [0.25, 0.3) is 0 Å². The normalized spacial score (nSPS) is 17.6. The van der Waals surface area contributed by atoms with Crippen molar-refractivity contribution < 1.29 is 9.53 Å². The van der Waals surface area contributed by atoms with Crippen LogP contribution < -0.4 is 5.56 Å². The van der Waals surface area contributed by atoms with Crippen LogP contribution >= 0.6 is 11.6 Å². The molecule has 25 heavy (non-hydrogen) atoms. The second-order valence-corrected chi connectivity index (χ2v) is 6.54. The Kier molecular flexibility index (Phi) is 5.25. The number of rotatable bonds is 3. The van der Waals surface area contributed by atoms with Crippen LogP contribution in [0.2, 0.25) is 5.02 Å². The van der Waals surface area contributed by atoms with Gasteiger partial charge in [0.25, 0.3) is 11.5 Å². The van der Waals surface area contributed by atoms with Gasteiger partial charge in [0.05, 0.1) is 13.2 Å². The number of halogens is 1. The first-order chi connectivity index (χ1) is 12.0. The molecule has 0 bridgehead atoms. The number of ether oxygens (including phenoxy) is 1. The van der Waals surface area contributed by atoms with Gasteiger partial charge >= 0.3 is 0 Å². The van der Waals surface area contributed by atoms with Crippen LogP contribution in [0, 0.1) is 6.92 Å². The summed E-state index contributed by atoms with van der Waals surface area (Å²) in [6.45, 7) is 5.63. The molecule has 1 amide bonds. The van der Waals surface area contributed by atoms with Crippen molar-refractivity contribution >= 4 is 17.5 Å². The molecule has 1 saturated heterocycles. The SMILES string of the molecule is CCn1c(C)ccc(C(=O)N2CCOC(c3ccc(Cl)cc3)C2)c1=O. The highest BCUT2D eigenvalue weighted by molar-refractivity contribution is 6.30. The van der Waals surface area contributed by atoms with Gasteiger partial charge in [0.2, 0.25) is 0 Å². The summed E-state index contributed by atoms with van der Waals surface area (Å²) < 4.78 is 7.41. The Balaban J connectivity index is 1.83. The number of hydrogen-bond donors (Lipinski definition) is 0. The van der Waals surface area contributed by atoms with E-state index in [4.69, 9.17) is 16.3 Å². The number of aromatic nitrogens is 1. The Bertz CT molecular complexity index is 830. The van der Waals surface area contributed by atoms with Crippen molar-refractivity contribution in [1.29, 1.82) is 0 Å². The van der Waals surface area contributed by atoms with Gasteiger partial charge in [-0.15, -0.1) is 0 Å². The molecule has 0 aliphatic carbocycles. The van der Waals surface area contributed by atoms with Crippen molar-refractivity contribution in [3.63, 3.8) is 0 Å². The first-order valence-electron chi connectivity index (χ1n) is 8.38. The van der Waals surface area contributed by atoms with Crippen molar-refractivity contribution in [1.82, 2.24) is 9.47 Å². The number of benzene rings is 1. The largest absolute Gasteiger partial charge is 0.370 e. The van der Waals surface area contributed by atoms with Crippen LogP contribution in [0.15, 0.2) is 41.2 Å². The summed E-state index contributed by atoms with van der Waals surface area (Å²) in [4.78, 5) is 27.1. The van der Waals surface area contributed by atoms with Gasteiger partial charge in [-0.1, -0.05) is 23.7 Å². The molecule has 2 heterocycles. The number of pyridine rings is 1. The van der Waals surface area contributed by atoms with Gasteiger partial charge in [0.15, 0.2) is 0 Å². The van der Waals surface area contributed by atoms with Crippen molar-refractivity contribution in [3.8, 4) is 0 Å². The Morgan fingerprint density at radius 1 is 1.24 bits per heavy atom. The maximum absolute atomic E-state index is 12.9. The fourth-order valence-corrected chi connectivity index (χ4v) is 3.24. The molecule has 1 unspecified atom stereocenters. The van der Waals surface area contributed by atoms with Crippen LogP contribution in [0.4, 0.5) is 0 Å². The minimum atomic E-state index is -0.241. The number of carbonyl (C=O) groups excluding carboxylic acids is 1. The number of morpholine rings is 1. The average molecular weight is 361 g/mol. The van der Waals surface area contributed by atoms with Gasteiger partial charge in [-0.05, 0) is 43.7 Å². The zero-order valence-corrected chi connectivity index (χ0v) is 15.1. The Hall–Kier alpha value is -2.11. The van der Waals surface area contributed by atoms with Crippen molar-refractivity contribution in [2.75, 3.05) is 19.7 Å². The summed E-state index contributed by atoms with van der Waals surface area (Å²) in [6, 6.07) is 10.9. The molecule has 1 aliphatic rings. The molecule has 6 heteroatoms. The lowest BCUT2D eigenvalue weighted by molar-refractivity contribution is -0.0229. The summed E-state index contributed by atoms with van der Waals surface area (Å²) in [5.74, 6) is -0.241. The van der Waals surface area contributed by atoms with Gasteiger partial charge in [0, 0.05) is 23.8 Å². The number of nitrogens with zero attached hydrogens (tertiary/aromatic N) is 2. The summed E-state index contributed by atoms with van der Waals surface area (Å²) in [6.07, 6.45) is -0.214. The van der Waals surface area contributed by atoms with Gasteiger partial charge in [0.1, 0.15) is 11.7 Å². The standard InChI is InChI=1S/C19H21ClN2O3/c1-3-22-13(2)4-9-16(19(22)24)18(23)21-10-11-25-17(12-21)14-5-7-15(20)8-6-14/h4-9,17H,3,10-12H2,1-2H3. The molecule has 0 radical (unpaired) electrons. The highest BCUT2D eigenvalue weighted by atomic mass is 35.5. The average Bonchev–Trinajstić information content (AvgIpc) is 2.62. The Labute approximate surface area is 151 Å². The summed E-state index contributed by atoms with van der Waals surface area (Å²) in [5, 5.41) is 0.660. The van der Waals surface area contributed by atoms with E-state index in [0.29, 0.717) is 31.3 Å². The molecule has 0 N–H and O–H groups in total. The lowest BCUT2D eigenvalue weighted by Crippen LogP contribution is -2.44. The predicted molar refractivity (Wildman–Crippen MR) is 97.2 cm³/mol. The minimum Gasteiger partial charge on any atom is -0.370 e. The van der Waals surface area contributed by atoms with Gasteiger partial charge in [-0.3, -0.25) is 9.59 Å². The Morgan fingerprint density at radius 3 is 2.64 bits per heavy atom. The second-order valence-electron chi connectivity index (χ2n) is 6.10. The first kappa shape index (κ1) is 17.7. The summed E-state index contributed by atoms with van der Waals surface area (Å²) in [7, 11) is 0. The van der Waals surface area contributed by atoms with E-state index in [9.17, 15) is 9.59 Å². The molecule has 1 fully saturated rings. The van der Waals surface area contributed by atoms with Crippen molar-refractivity contribution in [2.45, 2.75) is 26.5 Å². The van der Waals surface area contributed by atoms with Crippen molar-refractivity contribution in [3.05, 3.63) is 68.6 Å². The quantitative estimate of drug-likeness (QED) is 0.845. The van der Waals surface area contributed by atoms with E-state index in [-0.39, 0.29) is 23.1 Å². The molecule has 3 rings (SSSR count). The third-order valence-electron chi connectivity index (χ3n) is 4.53. The molecule has 132 valence electrons. The molecule has 1 aromatic carbocycles. The van der Waals surface area contributed by atoms with E-state index in [1.807, 2.05) is 32.0 Å². The van der Waals surface area contributed by atoms with Gasteiger partial charge < -0.3 is 14.2 Å². The molecule has 2 aromatic rings. The lowest BCUT2D eigenvalue weighted by atomic mass is 10.1. The zero-order chi connectivity index (χ0) is 18.0. The number of amides is 1. The monoisotopic (exact) mass is 360 g/mol. The molecular weight excluding hydrogens is 340 g/mol. The van der Waals surface area contributed by atoms with Gasteiger partial charge in [-0.2, -0.15) is 0 Å². The van der Waals surface area contributed by atoms with E-state index in [0.717, 1.165) is 11.3 Å². The highest BCUT2D eigenvalue weighted by Crippen LogP contribution is 2.24. The third kappa shape index (κ3) is 3.62. The van der Waals surface area contributed by atoms with Crippen LogP contribution in [0.1, 0.15) is 34.6 Å². The molecule has 1 atom stereocenters. The van der Waals surface area contributed by atoms with Crippen LogP contribution in [-0.2, 0) is 11.3 Å². The van der Waals surface area contributed by atoms with Crippen LogP contribution in [-0.4, -0.2) is 35.1 Å². The zero-order valence-electron chi connectivity index (χ0n) is 14.4. The predicted octanol–water partition coefficient (Wildman–Crippen LogP) is 3.04. The summed E-state index contributed by atoms with van der Waals surface area (Å²) >= 11 is 5.93. The number of aryl methyl sites for hydroxylation is 1. The second kappa shape index (κ2) is 7.42. The highest BCUT2D eigenvalue weighted by Gasteiger charge is 2.27. The maximum Gasteiger partial charge on any atom is 0.263 e. The maximum atomic E-state index is 12.9. The smallest absolute Gasteiger partial charge is 0.263 e. The van der Waals surface area contributed by atoms with Crippen molar-refractivity contribution in [2.24, 2.45) is 0 Å². The lowest BCUT2D eigenvalue weighted by Gasteiger charge is -2.33. The van der Waals surface area contributed by atoms with Crippen LogP contribution in [0.5, 0.6) is 0 Å². The van der Waals surface area contributed by atoms with Crippen LogP contribution in [0.3, 0.4) is 0 Å². The molecule has 0 spiro atoms. The number of hydrogen-bond acceptors (Lipinski definition) is 3. The van der Waals surface area contributed by atoms with E-state index in [1.165, 1.54) is 0 Å². The van der Waals surface area contributed by atoms with E-state index >= 15 is 0 Å². The molecular formula is C19H21ClN2O3. The van der Waals surface area contributed by atoms with E-state index < -0.39 is 0 Å². The molecule has 1 aromatic heterocycles. The van der Waals surface area contributed by atoms with E-state index in [2.05, 4.69) is 0 Å². The molecule has 5 nitrogen and oxygen atoms in total. The molecule has 1 aliphatic heterocycles. The first-order valence-corrected chi connectivity index (χ1v) is 8.76. The van der Waals surface area contributed by atoms with Gasteiger partial charge in [-0.25, -0.2) is 0 Å². The topological polar surface area (TPSA) is 51.5 Å². The fraction of sp³-hybridized carbons (Fsp3) is 0.368. The Morgan fingerprint density at radius 2 is 1.96 bits per heavy atom. The minimum absolute atomic E-state index is 0.212. The number of carbonyl (C=O) groups is 1.